The van der Waals surface area contributed by atoms with Crippen molar-refractivity contribution in [2.45, 2.75) is 82.5 Å². The number of carbonyl (C=O) groups excluding carboxylic acids is 1. The third-order valence-corrected chi connectivity index (χ3v) is 7.45. The summed E-state index contributed by atoms with van der Waals surface area (Å²) in [5.74, 6) is 1.78. The molecule has 0 spiro atoms. The van der Waals surface area contributed by atoms with Crippen molar-refractivity contribution in [1.82, 2.24) is 15.1 Å². The summed E-state index contributed by atoms with van der Waals surface area (Å²) in [7, 11) is 0. The molecule has 4 rings (SSSR count). The van der Waals surface area contributed by atoms with E-state index in [9.17, 15) is 4.79 Å². The van der Waals surface area contributed by atoms with E-state index in [2.05, 4.69) is 15.1 Å². The zero-order valence-corrected chi connectivity index (χ0v) is 15.4. The van der Waals surface area contributed by atoms with Crippen LogP contribution in [0.1, 0.15) is 92.5 Å². The summed E-state index contributed by atoms with van der Waals surface area (Å²) in [5.41, 5.74) is 0. The van der Waals surface area contributed by atoms with Gasteiger partial charge in [-0.3, -0.25) is 4.79 Å². The Kier molecular flexibility index (Phi) is 5.16. The van der Waals surface area contributed by atoms with Gasteiger partial charge < -0.3 is 4.90 Å². The Hall–Kier alpha value is -0.970. The normalized spacial score (nSPS) is 26.8. The molecule has 2 heterocycles. The highest BCUT2D eigenvalue weighted by atomic mass is 32.1. The second kappa shape index (κ2) is 7.51. The smallest absolute Gasteiger partial charge is 0.225 e. The number of carbonyl (C=O) groups is 1. The van der Waals surface area contributed by atoms with E-state index in [4.69, 9.17) is 0 Å². The number of amides is 1. The molecule has 1 aliphatic heterocycles. The van der Waals surface area contributed by atoms with Crippen LogP contribution in [-0.2, 0) is 4.79 Å². The summed E-state index contributed by atoms with van der Waals surface area (Å²) in [5, 5.41) is 11.4. The van der Waals surface area contributed by atoms with Crippen molar-refractivity contribution in [3.63, 3.8) is 0 Å². The molecule has 1 aromatic heterocycles. The Morgan fingerprint density at radius 1 is 0.833 bits per heavy atom. The highest BCUT2D eigenvalue weighted by Gasteiger charge is 2.32. The number of hydrogen-bond donors (Lipinski definition) is 0. The molecule has 0 N–H and O–H groups in total. The van der Waals surface area contributed by atoms with Crippen LogP contribution < -0.4 is 0 Å². The van der Waals surface area contributed by atoms with Crippen LogP contribution in [0.5, 0.6) is 0 Å². The van der Waals surface area contributed by atoms with Crippen molar-refractivity contribution in [2.24, 2.45) is 5.92 Å². The molecule has 1 unspecified atom stereocenters. The van der Waals surface area contributed by atoms with E-state index >= 15 is 0 Å². The van der Waals surface area contributed by atoms with Crippen molar-refractivity contribution < 1.29 is 4.79 Å². The lowest BCUT2D eigenvalue weighted by molar-refractivity contribution is -0.137. The molecule has 0 radical (unpaired) electrons. The monoisotopic (exact) mass is 347 g/mol. The van der Waals surface area contributed by atoms with Gasteiger partial charge in [-0.1, -0.05) is 32.1 Å². The summed E-state index contributed by atoms with van der Waals surface area (Å²) in [6, 6.07) is 0. The minimum Gasteiger partial charge on any atom is -0.342 e. The van der Waals surface area contributed by atoms with Gasteiger partial charge in [-0.15, -0.1) is 21.5 Å². The fourth-order valence-corrected chi connectivity index (χ4v) is 5.87. The Balaban J connectivity index is 1.40. The zero-order valence-electron chi connectivity index (χ0n) is 14.6. The predicted octanol–water partition coefficient (Wildman–Crippen LogP) is 4.48. The van der Waals surface area contributed by atoms with Gasteiger partial charge in [0, 0.05) is 30.8 Å². The number of likely N-dealkylation sites (tertiary alicyclic amines) is 1. The molecule has 0 aromatic carbocycles. The van der Waals surface area contributed by atoms with E-state index in [1.807, 2.05) is 11.3 Å². The lowest BCUT2D eigenvalue weighted by Crippen LogP contribution is -2.42. The van der Waals surface area contributed by atoms with E-state index in [1.54, 1.807) is 0 Å². The van der Waals surface area contributed by atoms with Gasteiger partial charge in [0.2, 0.25) is 5.91 Å². The lowest BCUT2D eigenvalue weighted by atomic mass is 9.87. The molecule has 1 amide bonds. The summed E-state index contributed by atoms with van der Waals surface area (Å²) in [6.45, 7) is 1.81. The van der Waals surface area contributed by atoms with Gasteiger partial charge in [0.25, 0.3) is 0 Å². The van der Waals surface area contributed by atoms with Gasteiger partial charge in [-0.2, -0.15) is 0 Å². The van der Waals surface area contributed by atoms with E-state index in [-0.39, 0.29) is 0 Å². The van der Waals surface area contributed by atoms with Crippen LogP contribution in [0.2, 0.25) is 0 Å². The molecule has 3 fully saturated rings. The van der Waals surface area contributed by atoms with Crippen LogP contribution in [0, 0.1) is 5.92 Å². The first-order chi connectivity index (χ1) is 11.8. The molecule has 2 aliphatic carbocycles. The zero-order chi connectivity index (χ0) is 16.4. The second-order valence-electron chi connectivity index (χ2n) is 7.92. The maximum atomic E-state index is 12.8. The number of piperidine rings is 1. The third kappa shape index (κ3) is 3.51. The molecule has 132 valence electrons. The minimum atomic E-state index is 0.293. The maximum Gasteiger partial charge on any atom is 0.225 e. The Labute approximate surface area is 149 Å². The van der Waals surface area contributed by atoms with Crippen LogP contribution in [0.4, 0.5) is 0 Å². The van der Waals surface area contributed by atoms with E-state index in [0.717, 1.165) is 38.8 Å². The predicted molar refractivity (Wildman–Crippen MR) is 96.2 cm³/mol. The highest BCUT2D eigenvalue weighted by Crippen LogP contribution is 2.38. The van der Waals surface area contributed by atoms with Crippen molar-refractivity contribution in [2.75, 3.05) is 13.1 Å². The molecule has 1 aromatic rings. The fraction of sp³-hybridized carbons (Fsp3) is 0.842. The van der Waals surface area contributed by atoms with Gasteiger partial charge in [-0.05, 0) is 38.5 Å². The minimum absolute atomic E-state index is 0.293. The quantitative estimate of drug-likeness (QED) is 0.810. The first-order valence-electron chi connectivity index (χ1n) is 9.93. The molecule has 0 bridgehead atoms. The van der Waals surface area contributed by atoms with Crippen LogP contribution in [0.15, 0.2) is 0 Å². The average molecular weight is 348 g/mol. The van der Waals surface area contributed by atoms with Crippen molar-refractivity contribution in [1.29, 1.82) is 0 Å². The van der Waals surface area contributed by atoms with Crippen LogP contribution in [0.25, 0.3) is 0 Å². The molecule has 5 heteroatoms. The summed E-state index contributed by atoms with van der Waals surface area (Å²) in [4.78, 5) is 15.0. The first-order valence-corrected chi connectivity index (χ1v) is 10.7. The van der Waals surface area contributed by atoms with Crippen molar-refractivity contribution in [3.05, 3.63) is 10.0 Å². The van der Waals surface area contributed by atoms with Gasteiger partial charge in [0.1, 0.15) is 10.0 Å². The molecular weight excluding hydrogens is 318 g/mol. The van der Waals surface area contributed by atoms with Crippen LogP contribution in [0.3, 0.4) is 0 Å². The number of aromatic nitrogens is 2. The maximum absolute atomic E-state index is 12.8. The Morgan fingerprint density at radius 3 is 2.21 bits per heavy atom. The summed E-state index contributed by atoms with van der Waals surface area (Å²) >= 11 is 1.83. The van der Waals surface area contributed by atoms with Gasteiger partial charge in [0.15, 0.2) is 0 Å². The Bertz CT molecular complexity index is 561. The third-order valence-electron chi connectivity index (χ3n) is 6.20. The molecule has 1 atom stereocenters. The van der Waals surface area contributed by atoms with E-state index in [1.165, 1.54) is 55.0 Å². The molecule has 24 heavy (non-hydrogen) atoms. The highest BCUT2D eigenvalue weighted by molar-refractivity contribution is 7.11. The summed E-state index contributed by atoms with van der Waals surface area (Å²) in [6.07, 6.45) is 13.5. The van der Waals surface area contributed by atoms with E-state index < -0.39 is 0 Å². The number of hydrogen-bond acceptors (Lipinski definition) is 4. The Morgan fingerprint density at radius 2 is 1.46 bits per heavy atom. The topological polar surface area (TPSA) is 46.1 Å². The van der Waals surface area contributed by atoms with Crippen molar-refractivity contribution >= 4 is 17.2 Å². The number of rotatable bonds is 3. The van der Waals surface area contributed by atoms with Crippen molar-refractivity contribution in [3.8, 4) is 0 Å². The molecular formula is C19H29N3OS. The second-order valence-corrected chi connectivity index (χ2v) is 8.96. The van der Waals surface area contributed by atoms with Crippen LogP contribution in [-0.4, -0.2) is 34.1 Å². The first kappa shape index (κ1) is 16.5. The van der Waals surface area contributed by atoms with Gasteiger partial charge in [0.05, 0.1) is 0 Å². The largest absolute Gasteiger partial charge is 0.342 e. The summed E-state index contributed by atoms with van der Waals surface area (Å²) < 4.78 is 0. The number of nitrogens with zero attached hydrogens (tertiary/aromatic N) is 3. The van der Waals surface area contributed by atoms with E-state index in [0.29, 0.717) is 23.7 Å². The van der Waals surface area contributed by atoms with Crippen LogP contribution >= 0.6 is 11.3 Å². The molecule has 4 nitrogen and oxygen atoms in total. The molecule has 2 saturated carbocycles. The SMILES string of the molecule is O=C(C1CCCCC1)N1CCCC(c2nnc(C3CCCC3)s2)C1. The lowest BCUT2D eigenvalue weighted by Gasteiger charge is -2.35. The van der Waals surface area contributed by atoms with Gasteiger partial charge in [-0.25, -0.2) is 0 Å². The molecule has 3 aliphatic rings. The standard InChI is InChI=1S/C19H29N3OS/c23-19(15-9-2-1-3-10-15)22-12-6-11-16(13-22)18-21-20-17(24-18)14-7-4-5-8-14/h14-16H,1-13H2. The molecule has 1 saturated heterocycles. The average Bonchev–Trinajstić information content (AvgIpc) is 3.33. The van der Waals surface area contributed by atoms with Gasteiger partial charge >= 0.3 is 0 Å². The fourth-order valence-electron chi connectivity index (χ4n) is 4.74.